The van der Waals surface area contributed by atoms with Crippen molar-refractivity contribution < 1.29 is 9.47 Å². The molecule has 1 rings (SSSR count). The molecule has 17 heavy (non-hydrogen) atoms. The van der Waals surface area contributed by atoms with Crippen molar-refractivity contribution in [1.82, 2.24) is 0 Å². The summed E-state index contributed by atoms with van der Waals surface area (Å²) in [7, 11) is 0. The first-order chi connectivity index (χ1) is 8.06. The van der Waals surface area contributed by atoms with Gasteiger partial charge in [0.05, 0.1) is 19.3 Å². The Morgan fingerprint density at radius 3 is 2.35 bits per heavy atom. The lowest BCUT2D eigenvalue weighted by molar-refractivity contribution is -0.122. The van der Waals surface area contributed by atoms with Gasteiger partial charge in [0.1, 0.15) is 0 Å². The fourth-order valence-corrected chi connectivity index (χ4v) is 3.26. The van der Waals surface area contributed by atoms with Crippen LogP contribution < -0.4 is 0 Å². The average molecular weight is 263 g/mol. The highest BCUT2D eigenvalue weighted by Gasteiger charge is 2.52. The standard InChI is InChI=1S/C14H27ClO2/c1-5-14(6-2)12(15)9-13(14)17-8-7-16-10-11(3)4/h11-13H,5-10H2,1-4H3. The van der Waals surface area contributed by atoms with Gasteiger partial charge in [0.2, 0.25) is 0 Å². The molecule has 1 fully saturated rings. The minimum Gasteiger partial charge on any atom is -0.379 e. The van der Waals surface area contributed by atoms with Gasteiger partial charge in [0.25, 0.3) is 0 Å². The molecule has 0 saturated heterocycles. The molecule has 0 aromatic rings. The highest BCUT2D eigenvalue weighted by Crippen LogP contribution is 2.51. The molecule has 0 heterocycles. The number of halogens is 1. The van der Waals surface area contributed by atoms with Crippen LogP contribution in [0.1, 0.15) is 47.0 Å². The molecule has 1 saturated carbocycles. The smallest absolute Gasteiger partial charge is 0.0704 e. The van der Waals surface area contributed by atoms with Crippen LogP contribution in [0.25, 0.3) is 0 Å². The SMILES string of the molecule is CCC1(CC)C(Cl)CC1OCCOCC(C)C. The summed E-state index contributed by atoms with van der Waals surface area (Å²) in [4.78, 5) is 0. The third-order valence-electron chi connectivity index (χ3n) is 4.00. The van der Waals surface area contributed by atoms with Gasteiger partial charge in [-0.2, -0.15) is 0 Å². The molecule has 2 nitrogen and oxygen atoms in total. The first-order valence-electron chi connectivity index (χ1n) is 6.90. The Labute approximate surface area is 111 Å². The van der Waals surface area contributed by atoms with Crippen LogP contribution in [0.15, 0.2) is 0 Å². The fraction of sp³-hybridized carbons (Fsp3) is 1.00. The van der Waals surface area contributed by atoms with E-state index < -0.39 is 0 Å². The van der Waals surface area contributed by atoms with Crippen LogP contribution in [-0.4, -0.2) is 31.3 Å². The van der Waals surface area contributed by atoms with Crippen molar-refractivity contribution in [3.63, 3.8) is 0 Å². The van der Waals surface area contributed by atoms with Crippen LogP contribution in [-0.2, 0) is 9.47 Å². The highest BCUT2D eigenvalue weighted by atomic mass is 35.5. The molecule has 0 aromatic carbocycles. The molecule has 0 spiro atoms. The maximum atomic E-state index is 6.34. The Morgan fingerprint density at radius 1 is 1.24 bits per heavy atom. The molecule has 1 aliphatic rings. The van der Waals surface area contributed by atoms with Gasteiger partial charge in [0, 0.05) is 17.4 Å². The quantitative estimate of drug-likeness (QED) is 0.489. The Hall–Kier alpha value is 0.210. The molecule has 0 radical (unpaired) electrons. The van der Waals surface area contributed by atoms with Gasteiger partial charge in [-0.3, -0.25) is 0 Å². The van der Waals surface area contributed by atoms with E-state index in [0.717, 1.165) is 25.9 Å². The second kappa shape index (κ2) is 6.96. The van der Waals surface area contributed by atoms with E-state index in [4.69, 9.17) is 21.1 Å². The number of alkyl halides is 1. The van der Waals surface area contributed by atoms with Crippen LogP contribution >= 0.6 is 11.6 Å². The van der Waals surface area contributed by atoms with Gasteiger partial charge >= 0.3 is 0 Å². The second-order valence-electron chi connectivity index (χ2n) is 5.47. The van der Waals surface area contributed by atoms with Gasteiger partial charge in [-0.1, -0.05) is 27.7 Å². The molecule has 2 atom stereocenters. The number of rotatable bonds is 8. The molecule has 0 aromatic heterocycles. The Balaban J connectivity index is 2.20. The molecule has 0 amide bonds. The van der Waals surface area contributed by atoms with Crippen molar-refractivity contribution in [1.29, 1.82) is 0 Å². The summed E-state index contributed by atoms with van der Waals surface area (Å²) < 4.78 is 11.4. The minimum atomic E-state index is 0.208. The van der Waals surface area contributed by atoms with Crippen molar-refractivity contribution in [2.24, 2.45) is 11.3 Å². The van der Waals surface area contributed by atoms with Crippen LogP contribution in [0.3, 0.4) is 0 Å². The van der Waals surface area contributed by atoms with Crippen molar-refractivity contribution in [2.75, 3.05) is 19.8 Å². The van der Waals surface area contributed by atoms with Gasteiger partial charge in [-0.05, 0) is 25.2 Å². The third kappa shape index (κ3) is 3.59. The van der Waals surface area contributed by atoms with E-state index >= 15 is 0 Å². The maximum Gasteiger partial charge on any atom is 0.0704 e. The minimum absolute atomic E-state index is 0.208. The van der Waals surface area contributed by atoms with E-state index in [1.165, 1.54) is 0 Å². The largest absolute Gasteiger partial charge is 0.379 e. The van der Waals surface area contributed by atoms with Crippen LogP contribution in [0.5, 0.6) is 0 Å². The number of hydrogen-bond acceptors (Lipinski definition) is 2. The monoisotopic (exact) mass is 262 g/mol. The summed E-state index contributed by atoms with van der Waals surface area (Å²) in [6, 6.07) is 0. The highest BCUT2D eigenvalue weighted by molar-refractivity contribution is 6.21. The van der Waals surface area contributed by atoms with Crippen molar-refractivity contribution in [3.05, 3.63) is 0 Å². The summed E-state index contributed by atoms with van der Waals surface area (Å²) in [5.41, 5.74) is 0.208. The number of ether oxygens (including phenoxy) is 2. The molecular weight excluding hydrogens is 236 g/mol. The first-order valence-corrected chi connectivity index (χ1v) is 7.33. The fourth-order valence-electron chi connectivity index (χ4n) is 2.65. The van der Waals surface area contributed by atoms with E-state index in [1.54, 1.807) is 0 Å². The average Bonchev–Trinajstić information content (AvgIpc) is 2.28. The van der Waals surface area contributed by atoms with Gasteiger partial charge in [0.15, 0.2) is 0 Å². The summed E-state index contributed by atoms with van der Waals surface area (Å²) >= 11 is 6.34. The van der Waals surface area contributed by atoms with Crippen LogP contribution in [0.4, 0.5) is 0 Å². The van der Waals surface area contributed by atoms with E-state index in [-0.39, 0.29) is 5.41 Å². The predicted molar refractivity (Wildman–Crippen MR) is 72.7 cm³/mol. The lowest BCUT2D eigenvalue weighted by Crippen LogP contribution is -2.55. The van der Waals surface area contributed by atoms with Gasteiger partial charge < -0.3 is 9.47 Å². The normalized spacial score (nSPS) is 27.2. The molecule has 2 unspecified atom stereocenters. The van der Waals surface area contributed by atoms with Crippen molar-refractivity contribution >= 4 is 11.6 Å². The van der Waals surface area contributed by atoms with Crippen molar-refractivity contribution in [3.8, 4) is 0 Å². The molecule has 102 valence electrons. The van der Waals surface area contributed by atoms with E-state index in [9.17, 15) is 0 Å². The Morgan fingerprint density at radius 2 is 1.88 bits per heavy atom. The number of hydrogen-bond donors (Lipinski definition) is 0. The van der Waals surface area contributed by atoms with Crippen molar-refractivity contribution in [2.45, 2.75) is 58.4 Å². The zero-order chi connectivity index (χ0) is 12.9. The molecule has 0 bridgehead atoms. The summed E-state index contributed by atoms with van der Waals surface area (Å²) in [5.74, 6) is 0.594. The molecule has 0 aliphatic heterocycles. The van der Waals surface area contributed by atoms with Gasteiger partial charge in [-0.15, -0.1) is 11.6 Å². The summed E-state index contributed by atoms with van der Waals surface area (Å²) in [6.07, 6.45) is 3.54. The lowest BCUT2D eigenvalue weighted by Gasteiger charge is -2.52. The van der Waals surface area contributed by atoms with E-state index in [2.05, 4.69) is 27.7 Å². The van der Waals surface area contributed by atoms with Gasteiger partial charge in [-0.25, -0.2) is 0 Å². The first kappa shape index (κ1) is 15.3. The molecule has 3 heteroatoms. The van der Waals surface area contributed by atoms with Crippen LogP contribution in [0.2, 0.25) is 0 Å². The third-order valence-corrected chi connectivity index (χ3v) is 4.61. The molecular formula is C14H27ClO2. The van der Waals surface area contributed by atoms with E-state index in [1.807, 2.05) is 0 Å². The Kier molecular flexibility index (Phi) is 6.25. The van der Waals surface area contributed by atoms with Crippen LogP contribution in [0, 0.1) is 11.3 Å². The second-order valence-corrected chi connectivity index (χ2v) is 6.00. The maximum absolute atomic E-state index is 6.34. The van der Waals surface area contributed by atoms with E-state index in [0.29, 0.717) is 30.6 Å². The lowest BCUT2D eigenvalue weighted by atomic mass is 9.62. The zero-order valence-corrected chi connectivity index (χ0v) is 12.4. The zero-order valence-electron chi connectivity index (χ0n) is 11.7. The summed E-state index contributed by atoms with van der Waals surface area (Å²) in [6.45, 7) is 11.0. The topological polar surface area (TPSA) is 18.5 Å². The molecule has 1 aliphatic carbocycles. The Bertz CT molecular complexity index is 214. The molecule has 0 N–H and O–H groups in total. The summed E-state index contributed by atoms with van der Waals surface area (Å²) in [5, 5.41) is 0.291. The predicted octanol–water partition coefficient (Wildman–Crippen LogP) is 3.86.